The first-order valence-electron chi connectivity index (χ1n) is 6.69. The van der Waals surface area contributed by atoms with E-state index in [9.17, 15) is 0 Å². The van der Waals surface area contributed by atoms with Gasteiger partial charge in [-0.2, -0.15) is 0 Å². The summed E-state index contributed by atoms with van der Waals surface area (Å²) in [7, 11) is 1.64. The summed E-state index contributed by atoms with van der Waals surface area (Å²) in [6.45, 7) is 2.31. The van der Waals surface area contributed by atoms with Crippen molar-refractivity contribution in [3.8, 4) is 5.88 Å². The second kappa shape index (κ2) is 6.00. The van der Waals surface area contributed by atoms with Crippen LogP contribution in [0, 0.1) is 5.41 Å². The monoisotopic (exact) mass is 312 g/mol. The molecule has 1 heterocycles. The van der Waals surface area contributed by atoms with Crippen LogP contribution in [0.4, 0.5) is 0 Å². The van der Waals surface area contributed by atoms with Gasteiger partial charge in [-0.1, -0.05) is 35.7 Å². The van der Waals surface area contributed by atoms with Crippen molar-refractivity contribution in [1.29, 1.82) is 0 Å². The third kappa shape index (κ3) is 2.85. The van der Waals surface area contributed by atoms with Gasteiger partial charge in [0, 0.05) is 23.0 Å². The predicted octanol–water partition coefficient (Wildman–Crippen LogP) is 3.76. The minimum atomic E-state index is 0.457. The van der Waals surface area contributed by atoms with Crippen LogP contribution in [0.5, 0.6) is 5.88 Å². The summed E-state index contributed by atoms with van der Waals surface area (Å²) < 4.78 is 5.15. The van der Waals surface area contributed by atoms with Crippen LogP contribution in [0.2, 0.25) is 0 Å². The highest BCUT2D eigenvalue weighted by Gasteiger charge is 2.38. The van der Waals surface area contributed by atoms with Gasteiger partial charge in [0.1, 0.15) is 6.33 Å². The van der Waals surface area contributed by atoms with Crippen LogP contribution < -0.4 is 4.74 Å². The molecular formula is C14H21BrN2O. The van der Waals surface area contributed by atoms with Crippen LogP contribution in [0.3, 0.4) is 0 Å². The topological polar surface area (TPSA) is 35.0 Å². The number of alkyl halides is 1. The molecule has 0 aliphatic heterocycles. The van der Waals surface area contributed by atoms with E-state index in [1.807, 2.05) is 6.07 Å². The molecular weight excluding hydrogens is 292 g/mol. The average Bonchev–Trinajstić information content (AvgIpc) is 2.89. The van der Waals surface area contributed by atoms with Crippen LogP contribution in [-0.4, -0.2) is 21.9 Å². The SMILES string of the molecule is CCC1(C(Br)Cc2cc(OC)ncn2)CCCC1. The Morgan fingerprint density at radius 1 is 1.39 bits per heavy atom. The molecule has 4 heteroatoms. The molecule has 0 N–H and O–H groups in total. The van der Waals surface area contributed by atoms with Gasteiger partial charge in [-0.15, -0.1) is 0 Å². The third-order valence-electron chi connectivity index (χ3n) is 4.26. The summed E-state index contributed by atoms with van der Waals surface area (Å²) in [5.41, 5.74) is 1.52. The van der Waals surface area contributed by atoms with Crippen molar-refractivity contribution in [2.45, 2.75) is 50.3 Å². The first-order chi connectivity index (χ1) is 8.70. The van der Waals surface area contributed by atoms with E-state index in [1.54, 1.807) is 13.4 Å². The van der Waals surface area contributed by atoms with Crippen molar-refractivity contribution < 1.29 is 4.74 Å². The van der Waals surface area contributed by atoms with E-state index in [4.69, 9.17) is 4.74 Å². The highest BCUT2D eigenvalue weighted by atomic mass is 79.9. The molecule has 3 nitrogen and oxygen atoms in total. The van der Waals surface area contributed by atoms with Gasteiger partial charge in [0.2, 0.25) is 5.88 Å². The average molecular weight is 313 g/mol. The summed E-state index contributed by atoms with van der Waals surface area (Å²) in [5, 5.41) is 0. The lowest BCUT2D eigenvalue weighted by molar-refractivity contribution is 0.274. The molecule has 1 aromatic rings. The van der Waals surface area contributed by atoms with E-state index in [-0.39, 0.29) is 0 Å². The van der Waals surface area contributed by atoms with E-state index in [1.165, 1.54) is 32.1 Å². The lowest BCUT2D eigenvalue weighted by Crippen LogP contribution is -2.29. The number of methoxy groups -OCH3 is 1. The summed E-state index contributed by atoms with van der Waals surface area (Å²) in [4.78, 5) is 8.89. The second-order valence-electron chi connectivity index (χ2n) is 5.15. The number of hydrogen-bond acceptors (Lipinski definition) is 3. The van der Waals surface area contributed by atoms with Crippen molar-refractivity contribution in [2.75, 3.05) is 7.11 Å². The Balaban J connectivity index is 2.07. The zero-order chi connectivity index (χ0) is 13.0. The molecule has 1 fully saturated rings. The maximum Gasteiger partial charge on any atom is 0.216 e. The molecule has 0 amide bonds. The number of rotatable bonds is 5. The molecule has 18 heavy (non-hydrogen) atoms. The summed E-state index contributed by atoms with van der Waals surface area (Å²) in [6, 6.07) is 1.94. The Hall–Kier alpha value is -0.640. The third-order valence-corrected chi connectivity index (χ3v) is 5.56. The largest absolute Gasteiger partial charge is 0.481 e. The smallest absolute Gasteiger partial charge is 0.216 e. The van der Waals surface area contributed by atoms with Crippen LogP contribution in [-0.2, 0) is 6.42 Å². The zero-order valence-corrected chi connectivity index (χ0v) is 12.7. The molecule has 1 aliphatic carbocycles. The normalized spacial score (nSPS) is 19.7. The molecule has 100 valence electrons. The Bertz CT molecular complexity index is 391. The fourth-order valence-electron chi connectivity index (χ4n) is 2.97. The summed E-state index contributed by atoms with van der Waals surface area (Å²) >= 11 is 3.90. The fourth-order valence-corrected chi connectivity index (χ4v) is 4.08. The quantitative estimate of drug-likeness (QED) is 0.776. The number of hydrogen-bond donors (Lipinski definition) is 0. The van der Waals surface area contributed by atoms with Gasteiger partial charge in [-0.25, -0.2) is 9.97 Å². The first-order valence-corrected chi connectivity index (χ1v) is 7.61. The van der Waals surface area contributed by atoms with E-state index in [2.05, 4.69) is 32.8 Å². The van der Waals surface area contributed by atoms with E-state index in [0.717, 1.165) is 12.1 Å². The maximum absolute atomic E-state index is 5.15. The summed E-state index contributed by atoms with van der Waals surface area (Å²) in [6.07, 6.45) is 9.17. The number of ether oxygens (including phenoxy) is 1. The van der Waals surface area contributed by atoms with Crippen molar-refractivity contribution in [3.63, 3.8) is 0 Å². The minimum Gasteiger partial charge on any atom is -0.481 e. The van der Waals surface area contributed by atoms with Crippen LogP contribution >= 0.6 is 15.9 Å². The van der Waals surface area contributed by atoms with Crippen molar-refractivity contribution in [2.24, 2.45) is 5.41 Å². The minimum absolute atomic E-state index is 0.457. The maximum atomic E-state index is 5.15. The van der Waals surface area contributed by atoms with Crippen LogP contribution in [0.25, 0.3) is 0 Å². The molecule has 0 bridgehead atoms. The molecule has 2 rings (SSSR count). The highest BCUT2D eigenvalue weighted by Crippen LogP contribution is 2.47. The van der Waals surface area contributed by atoms with Crippen molar-refractivity contribution >= 4 is 15.9 Å². The van der Waals surface area contributed by atoms with Gasteiger partial charge < -0.3 is 4.74 Å². The number of halogens is 1. The van der Waals surface area contributed by atoms with Gasteiger partial charge in [0.15, 0.2) is 0 Å². The van der Waals surface area contributed by atoms with Gasteiger partial charge in [0.25, 0.3) is 0 Å². The van der Waals surface area contributed by atoms with Gasteiger partial charge in [0.05, 0.1) is 7.11 Å². The first kappa shape index (κ1) is 13.8. The van der Waals surface area contributed by atoms with Crippen LogP contribution in [0.1, 0.15) is 44.7 Å². The molecule has 1 aromatic heterocycles. The van der Waals surface area contributed by atoms with E-state index in [0.29, 0.717) is 16.1 Å². The highest BCUT2D eigenvalue weighted by molar-refractivity contribution is 9.09. The lowest BCUT2D eigenvalue weighted by Gasteiger charge is -2.33. The molecule has 1 atom stereocenters. The molecule has 1 unspecified atom stereocenters. The Labute approximate surface area is 117 Å². The number of nitrogens with zero attached hydrogens (tertiary/aromatic N) is 2. The standard InChI is InChI=1S/C14H21BrN2O/c1-3-14(6-4-5-7-14)12(15)8-11-9-13(18-2)17-10-16-11/h9-10,12H,3-8H2,1-2H3. The molecule has 1 aliphatic rings. The zero-order valence-electron chi connectivity index (χ0n) is 11.2. The van der Waals surface area contributed by atoms with Crippen molar-refractivity contribution in [1.82, 2.24) is 9.97 Å². The molecule has 0 spiro atoms. The van der Waals surface area contributed by atoms with E-state index >= 15 is 0 Å². The molecule has 0 saturated heterocycles. The van der Waals surface area contributed by atoms with Gasteiger partial charge in [-0.3, -0.25) is 0 Å². The molecule has 0 radical (unpaired) electrons. The Morgan fingerprint density at radius 3 is 2.72 bits per heavy atom. The lowest BCUT2D eigenvalue weighted by atomic mass is 9.78. The van der Waals surface area contributed by atoms with Gasteiger partial charge in [-0.05, 0) is 24.7 Å². The van der Waals surface area contributed by atoms with E-state index < -0.39 is 0 Å². The molecule has 1 saturated carbocycles. The Morgan fingerprint density at radius 2 is 2.11 bits per heavy atom. The van der Waals surface area contributed by atoms with Crippen LogP contribution in [0.15, 0.2) is 12.4 Å². The Kier molecular flexibility index (Phi) is 4.60. The summed E-state index contributed by atoms with van der Waals surface area (Å²) in [5.74, 6) is 0.650. The number of aromatic nitrogens is 2. The van der Waals surface area contributed by atoms with Gasteiger partial charge >= 0.3 is 0 Å². The molecule has 0 aromatic carbocycles. The van der Waals surface area contributed by atoms with Crippen molar-refractivity contribution in [3.05, 3.63) is 18.1 Å². The predicted molar refractivity (Wildman–Crippen MR) is 76.2 cm³/mol. The fraction of sp³-hybridized carbons (Fsp3) is 0.714. The second-order valence-corrected chi connectivity index (χ2v) is 6.25.